The third-order valence-corrected chi connectivity index (χ3v) is 11.7. The zero-order valence-electron chi connectivity index (χ0n) is 38.3. The molecule has 1 N–H and O–H groups in total. The van der Waals surface area contributed by atoms with Gasteiger partial charge in [-0.2, -0.15) is 0 Å². The van der Waals surface area contributed by atoms with Crippen molar-refractivity contribution in [3.8, 4) is 11.5 Å². The molecule has 0 spiro atoms. The second-order valence-electron chi connectivity index (χ2n) is 17.5. The number of rotatable bonds is 13. The molecular formula is C50H56N6O9. The van der Waals surface area contributed by atoms with E-state index >= 15 is 0 Å². The molecule has 65 heavy (non-hydrogen) atoms. The molecule has 5 amide bonds. The maximum atomic E-state index is 14.3. The number of likely N-dealkylation sites (N-methyl/N-ethyl adjacent to an activating group) is 1. The van der Waals surface area contributed by atoms with Crippen LogP contribution < -0.4 is 24.6 Å². The van der Waals surface area contributed by atoms with Crippen LogP contribution >= 0.6 is 0 Å². The molecule has 0 unspecified atom stereocenters. The fraction of sp³-hybridized carbons (Fsp3) is 0.360. The van der Waals surface area contributed by atoms with E-state index in [2.05, 4.69) is 17.3 Å². The van der Waals surface area contributed by atoms with E-state index < -0.39 is 29.4 Å². The number of aryl methyl sites for hydroxylation is 2. The smallest absolute Gasteiger partial charge is 0.420 e. The number of nitrogens with zero attached hydrogens (tertiary/aromatic N) is 5. The minimum atomic E-state index is -0.931. The summed E-state index contributed by atoms with van der Waals surface area (Å²) in [4.78, 5) is 89.1. The van der Waals surface area contributed by atoms with E-state index in [1.165, 1.54) is 18.1 Å². The average molecular weight is 885 g/mol. The highest BCUT2D eigenvalue weighted by molar-refractivity contribution is 6.35. The Morgan fingerprint density at radius 3 is 2.15 bits per heavy atom. The molecule has 1 saturated heterocycles. The van der Waals surface area contributed by atoms with Crippen molar-refractivity contribution in [3.63, 3.8) is 0 Å². The summed E-state index contributed by atoms with van der Waals surface area (Å²) in [7, 11) is 5.16. The zero-order chi connectivity index (χ0) is 46.7. The van der Waals surface area contributed by atoms with Crippen molar-refractivity contribution in [2.45, 2.75) is 65.9 Å². The van der Waals surface area contributed by atoms with Crippen LogP contribution in [0.3, 0.4) is 0 Å². The highest BCUT2D eigenvalue weighted by Crippen LogP contribution is 2.40. The molecule has 0 saturated carbocycles. The summed E-state index contributed by atoms with van der Waals surface area (Å²) in [6, 6.07) is 21.5. The zero-order valence-corrected chi connectivity index (χ0v) is 38.3. The third kappa shape index (κ3) is 9.60. The Morgan fingerprint density at radius 1 is 0.800 bits per heavy atom. The standard InChI is InChI=1S/C50H56N6O9/c1-31-20-23-38(41(29-31)64-28-13-9-10-19-42(57)54-26-24-52(6)25-27-54)53(7)46(59)33-21-22-37(40(30-33)63-8)51-44(58)36-17-14-18-39-43(36)32(2)45(55(39)49(62)65-50(3,4)5)56-47(60)34-15-11-12-16-35(34)48(56)61/h11-12,14-18,20-23,29-30H,9-10,13,19,24-28H2,1-8H3,(H,51,58). The monoisotopic (exact) mass is 884 g/mol. The number of nitrogens with one attached hydrogen (secondary N) is 1. The van der Waals surface area contributed by atoms with Crippen LogP contribution in [0.5, 0.6) is 11.5 Å². The predicted octanol–water partition coefficient (Wildman–Crippen LogP) is 8.09. The van der Waals surface area contributed by atoms with Crippen molar-refractivity contribution in [1.82, 2.24) is 14.4 Å². The number of hydrogen-bond donors (Lipinski definition) is 1. The van der Waals surface area contributed by atoms with Gasteiger partial charge in [-0.05, 0) is 121 Å². The van der Waals surface area contributed by atoms with E-state index in [-0.39, 0.29) is 56.8 Å². The number of hydrogen-bond acceptors (Lipinski definition) is 10. The minimum Gasteiger partial charge on any atom is -0.495 e. The van der Waals surface area contributed by atoms with Gasteiger partial charge in [0.2, 0.25) is 5.91 Å². The molecule has 15 heteroatoms. The van der Waals surface area contributed by atoms with Gasteiger partial charge in [0, 0.05) is 61.7 Å². The number of carbonyl (C=O) groups excluding carboxylic acids is 6. The second-order valence-corrected chi connectivity index (χ2v) is 17.5. The molecule has 7 rings (SSSR count). The number of imide groups is 1. The van der Waals surface area contributed by atoms with Gasteiger partial charge < -0.3 is 34.2 Å². The van der Waals surface area contributed by atoms with Crippen LogP contribution in [0.2, 0.25) is 0 Å². The molecule has 2 aliphatic rings. The van der Waals surface area contributed by atoms with Crippen LogP contribution in [-0.4, -0.2) is 110 Å². The number of fused-ring (bicyclic) bond motifs is 2. The van der Waals surface area contributed by atoms with Crippen molar-refractivity contribution in [2.75, 3.05) is 69.1 Å². The molecule has 4 aromatic carbocycles. The number of ether oxygens (including phenoxy) is 3. The van der Waals surface area contributed by atoms with Crippen LogP contribution in [0, 0.1) is 13.8 Å². The largest absolute Gasteiger partial charge is 0.495 e. The molecule has 2 aliphatic heterocycles. The Kier molecular flexibility index (Phi) is 13.4. The highest BCUT2D eigenvalue weighted by Gasteiger charge is 2.41. The predicted molar refractivity (Wildman–Crippen MR) is 249 cm³/mol. The molecule has 3 heterocycles. The molecule has 0 atom stereocenters. The summed E-state index contributed by atoms with van der Waals surface area (Å²) < 4.78 is 18.8. The topological polar surface area (TPSA) is 160 Å². The lowest BCUT2D eigenvalue weighted by molar-refractivity contribution is -0.132. The van der Waals surface area contributed by atoms with Gasteiger partial charge in [0.1, 0.15) is 22.9 Å². The lowest BCUT2D eigenvalue weighted by atomic mass is 10.1. The highest BCUT2D eigenvalue weighted by atomic mass is 16.6. The first-order valence-electron chi connectivity index (χ1n) is 21.8. The van der Waals surface area contributed by atoms with E-state index in [1.807, 2.05) is 30.0 Å². The minimum absolute atomic E-state index is 0.0303. The lowest BCUT2D eigenvalue weighted by Crippen LogP contribution is -2.47. The van der Waals surface area contributed by atoms with Crippen LogP contribution in [0.4, 0.5) is 22.0 Å². The van der Waals surface area contributed by atoms with Gasteiger partial charge >= 0.3 is 6.09 Å². The van der Waals surface area contributed by atoms with Gasteiger partial charge in [-0.25, -0.2) is 14.3 Å². The number of carbonyl (C=O) groups is 6. The molecule has 0 bridgehead atoms. The van der Waals surface area contributed by atoms with Gasteiger partial charge in [-0.3, -0.25) is 24.0 Å². The number of anilines is 3. The Labute approximate surface area is 378 Å². The Hall–Kier alpha value is -7.00. The van der Waals surface area contributed by atoms with Crippen molar-refractivity contribution in [2.24, 2.45) is 0 Å². The molecule has 1 aromatic heterocycles. The summed E-state index contributed by atoms with van der Waals surface area (Å²) in [5, 5.41) is 3.22. The van der Waals surface area contributed by atoms with Crippen LogP contribution in [-0.2, 0) is 9.53 Å². The molecule has 5 aromatic rings. The van der Waals surface area contributed by atoms with Crippen molar-refractivity contribution in [1.29, 1.82) is 0 Å². The molecule has 0 radical (unpaired) electrons. The summed E-state index contributed by atoms with van der Waals surface area (Å²) in [5.74, 6) is -1.20. The number of methoxy groups -OCH3 is 1. The van der Waals surface area contributed by atoms with Gasteiger partial charge in [0.05, 0.1) is 41.7 Å². The molecule has 0 aliphatic carbocycles. The maximum Gasteiger partial charge on any atom is 0.420 e. The van der Waals surface area contributed by atoms with Crippen LogP contribution in [0.25, 0.3) is 10.9 Å². The van der Waals surface area contributed by atoms with Crippen molar-refractivity contribution < 1.29 is 43.0 Å². The van der Waals surface area contributed by atoms with Crippen molar-refractivity contribution >= 4 is 63.7 Å². The van der Waals surface area contributed by atoms with Gasteiger partial charge in [-0.1, -0.05) is 24.3 Å². The first kappa shape index (κ1) is 46.0. The first-order valence-corrected chi connectivity index (χ1v) is 21.8. The molecular weight excluding hydrogens is 829 g/mol. The van der Waals surface area contributed by atoms with Crippen LogP contribution in [0.15, 0.2) is 78.9 Å². The Morgan fingerprint density at radius 2 is 1.49 bits per heavy atom. The summed E-state index contributed by atoms with van der Waals surface area (Å²) in [6.07, 6.45) is 2.05. The summed E-state index contributed by atoms with van der Waals surface area (Å²) in [6.45, 7) is 12.5. The quantitative estimate of drug-likeness (QED) is 0.0905. The second kappa shape index (κ2) is 19.0. The van der Waals surface area contributed by atoms with Gasteiger partial charge in [-0.15, -0.1) is 0 Å². The Balaban J connectivity index is 1.08. The fourth-order valence-corrected chi connectivity index (χ4v) is 8.23. The summed E-state index contributed by atoms with van der Waals surface area (Å²) in [5.41, 5.74) is 2.28. The van der Waals surface area contributed by atoms with E-state index in [0.29, 0.717) is 35.4 Å². The number of piperazine rings is 1. The average Bonchev–Trinajstić information content (AvgIpc) is 3.71. The number of unbranched alkanes of at least 4 members (excludes halogenated alkanes) is 2. The number of aromatic nitrogens is 1. The van der Waals surface area contributed by atoms with Crippen LogP contribution in [0.1, 0.15) is 99.0 Å². The SMILES string of the molecule is COc1cc(C(=O)N(C)c2ccc(C)cc2OCCCCCC(=O)N2CCN(C)CC2)ccc1NC(=O)c1cccc2c1c(C)c(N1C(=O)c3ccccc3C1=O)n2C(=O)OC(C)(C)C. The fourth-order valence-electron chi connectivity index (χ4n) is 8.23. The van der Waals surface area contributed by atoms with E-state index in [1.54, 1.807) is 89.3 Å². The van der Waals surface area contributed by atoms with Gasteiger partial charge in [0.15, 0.2) is 0 Å². The molecule has 340 valence electrons. The Bertz CT molecular complexity index is 2660. The third-order valence-electron chi connectivity index (χ3n) is 11.7. The summed E-state index contributed by atoms with van der Waals surface area (Å²) >= 11 is 0. The van der Waals surface area contributed by atoms with Gasteiger partial charge in [0.25, 0.3) is 23.6 Å². The first-order chi connectivity index (χ1) is 31.0. The maximum absolute atomic E-state index is 14.3. The molecule has 1 fully saturated rings. The van der Waals surface area contributed by atoms with Crippen molar-refractivity contribution in [3.05, 3.63) is 112 Å². The van der Waals surface area contributed by atoms with E-state index in [0.717, 1.165) is 60.5 Å². The normalized spacial score (nSPS) is 14.1. The van der Waals surface area contributed by atoms with E-state index in [4.69, 9.17) is 14.2 Å². The number of benzene rings is 4. The van der Waals surface area contributed by atoms with E-state index in [9.17, 15) is 28.8 Å². The molecule has 15 nitrogen and oxygen atoms in total. The number of amides is 5. The lowest BCUT2D eigenvalue weighted by Gasteiger charge is -2.32.